The molecule has 1 fully saturated rings. The molecule has 3 aliphatic heterocycles. The van der Waals surface area contributed by atoms with Crippen molar-refractivity contribution in [3.63, 3.8) is 0 Å². The van der Waals surface area contributed by atoms with Gasteiger partial charge in [-0.15, -0.1) is 0 Å². The van der Waals surface area contributed by atoms with Gasteiger partial charge in [0.2, 0.25) is 77.2 Å². The Kier molecular flexibility index (Phi) is 27.3. The van der Waals surface area contributed by atoms with Gasteiger partial charge < -0.3 is 83.9 Å². The van der Waals surface area contributed by atoms with Gasteiger partial charge in [-0.25, -0.2) is 14.9 Å². The third-order valence-corrected chi connectivity index (χ3v) is 13.4. The van der Waals surface area contributed by atoms with Crippen LogP contribution < -0.4 is 64.3 Å². The van der Waals surface area contributed by atoms with Crippen LogP contribution in [-0.4, -0.2) is 212 Å². The molecule has 4 rings (SSSR count). The fourth-order valence-electron chi connectivity index (χ4n) is 8.90. The summed E-state index contributed by atoms with van der Waals surface area (Å²) in [6.07, 6.45) is -0.793. The Morgan fingerprint density at radius 3 is 2.07 bits per heavy atom. The number of aliphatic hydroxyl groups excluding tert-OH is 2. The average molecular weight is 1190 g/mol. The largest absolute Gasteiger partial charge is 0.504 e. The molecule has 7 unspecified atom stereocenters. The van der Waals surface area contributed by atoms with Crippen molar-refractivity contribution in [2.45, 2.75) is 126 Å². The number of benzene rings is 1. The quantitative estimate of drug-likeness (QED) is 0.0110. The number of carboxylic acid groups (broad SMARTS) is 1. The van der Waals surface area contributed by atoms with Gasteiger partial charge in [0.1, 0.15) is 48.1 Å². The fourth-order valence-corrected chi connectivity index (χ4v) is 8.90. The number of ketones is 1. The molecular formula is C50H72N14O20. The van der Waals surface area contributed by atoms with E-state index in [1.165, 1.54) is 10.6 Å². The summed E-state index contributed by atoms with van der Waals surface area (Å²) in [5.41, 5.74) is 5.04. The minimum Gasteiger partial charge on any atom is -0.504 e. The first kappa shape index (κ1) is 67.6. The van der Waals surface area contributed by atoms with Crippen LogP contribution in [0.3, 0.4) is 0 Å². The van der Waals surface area contributed by atoms with Crippen LogP contribution in [0.1, 0.15) is 89.5 Å². The van der Waals surface area contributed by atoms with E-state index < -0.39 is 151 Å². The molecule has 1 aliphatic carbocycles. The number of fused-ring (bicyclic) bond motifs is 3. The van der Waals surface area contributed by atoms with Crippen molar-refractivity contribution in [3.8, 4) is 17.0 Å². The Bertz CT molecular complexity index is 2750. The van der Waals surface area contributed by atoms with Gasteiger partial charge in [0.25, 0.3) is 0 Å². The maximum Gasteiger partial charge on any atom is 0.372 e. The minimum atomic E-state index is -1.74. The molecule has 34 heteroatoms. The summed E-state index contributed by atoms with van der Waals surface area (Å²) in [4.78, 5) is 180. The number of carbonyl (C=O) groups excluding carboxylic acids is 12. The van der Waals surface area contributed by atoms with E-state index in [2.05, 4.69) is 53.2 Å². The number of pyridine rings is 1. The summed E-state index contributed by atoms with van der Waals surface area (Å²) < 4.78 is 1.30. The lowest BCUT2D eigenvalue weighted by molar-refractivity contribution is -0.150. The molecular weight excluding hydrogens is 1120 g/mol. The maximum absolute atomic E-state index is 14.2. The van der Waals surface area contributed by atoms with Crippen molar-refractivity contribution in [2.24, 2.45) is 5.73 Å². The number of hydrogen-bond donors (Lipinski definition) is 17. The van der Waals surface area contributed by atoms with Crippen molar-refractivity contribution in [2.75, 3.05) is 63.1 Å². The number of nitrogens with two attached hydrogens (primary N) is 1. The topological polar surface area (TPSA) is 518 Å². The van der Waals surface area contributed by atoms with Gasteiger partial charge in [-0.05, 0) is 89.3 Å². The Hall–Kier alpha value is -8.86. The van der Waals surface area contributed by atoms with Crippen LogP contribution in [0.5, 0.6) is 5.75 Å². The Morgan fingerprint density at radius 1 is 0.726 bits per heavy atom. The van der Waals surface area contributed by atoms with Gasteiger partial charge in [-0.3, -0.25) is 72.7 Å². The number of aromatic hydroxyl groups is 1. The lowest BCUT2D eigenvalue weighted by atomic mass is 10.0. The summed E-state index contributed by atoms with van der Waals surface area (Å²) in [5, 5.41) is 84.6. The van der Waals surface area contributed by atoms with Gasteiger partial charge in [0.15, 0.2) is 5.75 Å². The van der Waals surface area contributed by atoms with Crippen LogP contribution in [0, 0.1) is 0 Å². The number of unbranched alkanes of at least 4 members (excludes halogenated alkanes) is 1. The smallest absolute Gasteiger partial charge is 0.372 e. The highest BCUT2D eigenvalue weighted by molar-refractivity contribution is 6.33. The number of phenols is 1. The average Bonchev–Trinajstić information content (AvgIpc) is 1.54. The van der Waals surface area contributed by atoms with Gasteiger partial charge in [0.05, 0.1) is 31.1 Å². The minimum absolute atomic E-state index is 0.00722. The van der Waals surface area contributed by atoms with E-state index in [1.807, 2.05) is 0 Å². The molecule has 4 aliphatic rings. The number of phenolic OH excluding ortho intramolecular Hbond substituents is 1. The molecule has 1 saturated heterocycles. The highest BCUT2D eigenvalue weighted by atomic mass is 16.5. The Balaban J connectivity index is 1.51. The van der Waals surface area contributed by atoms with Crippen molar-refractivity contribution in [1.82, 2.24) is 57.2 Å². The maximum atomic E-state index is 14.2. The van der Waals surface area contributed by atoms with E-state index in [1.54, 1.807) is 0 Å². The van der Waals surface area contributed by atoms with E-state index in [0.29, 0.717) is 11.5 Å². The van der Waals surface area contributed by atoms with E-state index in [9.17, 15) is 92.9 Å². The van der Waals surface area contributed by atoms with E-state index in [4.69, 9.17) is 10.8 Å². The van der Waals surface area contributed by atoms with Crippen LogP contribution in [0.4, 0.5) is 11.5 Å². The zero-order valence-corrected chi connectivity index (χ0v) is 45.6. The predicted molar refractivity (Wildman–Crippen MR) is 288 cm³/mol. The summed E-state index contributed by atoms with van der Waals surface area (Å²) in [6.45, 7) is -3.00. The second-order valence-electron chi connectivity index (χ2n) is 19.6. The first-order valence-corrected chi connectivity index (χ1v) is 26.9. The number of Topliss-reactive ketones (excluding diaryl/α,β-unsaturated/α-hetero) is 1. The molecule has 462 valence electrons. The highest BCUT2D eigenvalue weighted by Gasteiger charge is 2.36. The molecule has 0 bridgehead atoms. The van der Waals surface area contributed by atoms with Crippen LogP contribution >= 0.6 is 0 Å². The van der Waals surface area contributed by atoms with Crippen molar-refractivity contribution < 1.29 is 93.2 Å². The molecule has 3 heterocycles. The number of amides is 11. The van der Waals surface area contributed by atoms with Crippen LogP contribution in [-0.2, 0) is 62.3 Å². The number of carbonyl (C=O) groups is 13. The van der Waals surface area contributed by atoms with Crippen molar-refractivity contribution in [3.05, 3.63) is 28.4 Å². The lowest BCUT2D eigenvalue weighted by Gasteiger charge is -2.34. The van der Waals surface area contributed by atoms with Gasteiger partial charge in [-0.2, -0.15) is 0 Å². The SMILES string of the molecule is NCCCCC(NC(=O)C(CO)NC(=O)C1CCNc2c(NC(=O)CCC(=O)C(=O)O)cc3cc(O)c(=O)cc-3n21)C(=O)NCC(=O)NC(CCCN(O)C=O)C(=O)NC1CCCCNC(=O)C(CO)NC(=O)C(CCCN(O)C=O)NC1=O. The number of hydroxylamine groups is 4. The molecule has 0 aromatic rings. The summed E-state index contributed by atoms with van der Waals surface area (Å²) in [7, 11) is 0. The zero-order valence-electron chi connectivity index (χ0n) is 45.6. The molecule has 0 aromatic heterocycles. The van der Waals surface area contributed by atoms with Crippen molar-refractivity contribution >= 4 is 89.2 Å². The number of hydrogen-bond acceptors (Lipinski definition) is 21. The van der Waals surface area contributed by atoms with E-state index in [0.717, 1.165) is 12.1 Å². The van der Waals surface area contributed by atoms with Gasteiger partial charge >= 0.3 is 5.97 Å². The Labute approximate surface area is 478 Å². The fraction of sp³-hybridized carbons (Fsp3) is 0.560. The molecule has 0 aromatic carbocycles. The zero-order chi connectivity index (χ0) is 62.0. The standard InChI is InChI=1S/C50H72N14O20/c51-14-3-1-7-28(57-48(79)34(24-66)61-49(80)35-13-16-52-42-32(56-40(72)12-11-37(69)50(81)82)19-27-20-38(70)39(71)21-36(27)64(35)42)43(74)54-22-41(73)55-29(9-5-17-62(83)25-67)45(76)58-30-8-2-4-15-53-44(75)33(23-65)60-47(78)31(59-46(30)77)10-6-18-63(84)26-68/h19-21,25-26,28-31,33-35,52,65-66,70,83-84H,1-18,22-24,51H2,(H,53,75)(H,54,74)(H,55,73)(H,56,72)(H,57,79)(H,58,76)(H,59,77)(H,60,78)(H,61,80)(H,81,82). The molecule has 0 saturated carbocycles. The monoisotopic (exact) mass is 1190 g/mol. The van der Waals surface area contributed by atoms with Gasteiger partial charge in [-0.1, -0.05) is 0 Å². The van der Waals surface area contributed by atoms with Gasteiger partial charge in [0, 0.05) is 50.7 Å². The number of rotatable bonds is 31. The first-order chi connectivity index (χ1) is 40.0. The third-order valence-electron chi connectivity index (χ3n) is 13.4. The van der Waals surface area contributed by atoms with E-state index in [-0.39, 0.29) is 138 Å². The predicted octanol–water partition coefficient (Wildman–Crippen LogP) is -5.92. The molecule has 7 atom stereocenters. The second kappa shape index (κ2) is 33.9. The summed E-state index contributed by atoms with van der Waals surface area (Å²) >= 11 is 0. The number of aliphatic carboxylic acids is 1. The molecule has 18 N–H and O–H groups in total. The van der Waals surface area contributed by atoms with Crippen LogP contribution in [0.15, 0.2) is 23.0 Å². The number of nitrogens with one attached hydrogen (secondary N) is 10. The Morgan fingerprint density at radius 2 is 1.40 bits per heavy atom. The molecule has 34 nitrogen and oxygen atoms in total. The number of aliphatic hydroxyl groups is 2. The number of nitrogens with zero attached hydrogens (tertiary/aromatic N) is 3. The number of carboxylic acids is 1. The molecule has 0 spiro atoms. The third kappa shape index (κ3) is 20.5. The number of anilines is 2. The highest BCUT2D eigenvalue weighted by Crippen LogP contribution is 2.39. The lowest BCUT2D eigenvalue weighted by Crippen LogP contribution is -2.59. The first-order valence-electron chi connectivity index (χ1n) is 26.9. The summed E-state index contributed by atoms with van der Waals surface area (Å²) in [6, 6.07) is -6.78. The molecule has 11 amide bonds. The summed E-state index contributed by atoms with van der Waals surface area (Å²) in [5.74, 6) is -11.8. The second-order valence-corrected chi connectivity index (χ2v) is 19.6. The van der Waals surface area contributed by atoms with Crippen LogP contribution in [0.25, 0.3) is 11.3 Å². The van der Waals surface area contributed by atoms with Crippen LogP contribution in [0.2, 0.25) is 0 Å². The molecule has 84 heavy (non-hydrogen) atoms. The number of aromatic nitrogens is 1. The molecule has 0 radical (unpaired) electrons. The van der Waals surface area contributed by atoms with E-state index >= 15 is 0 Å². The normalized spacial score (nSPS) is 18.2. The van der Waals surface area contributed by atoms with Crippen molar-refractivity contribution in [1.29, 1.82) is 0 Å².